The number of nitrogens with zero attached hydrogens (tertiary/aromatic N) is 1. The summed E-state index contributed by atoms with van der Waals surface area (Å²) in [5.41, 5.74) is 3.35. The Bertz CT molecular complexity index is 1610. The lowest BCUT2D eigenvalue weighted by molar-refractivity contribution is -0.140. The van der Waals surface area contributed by atoms with Crippen LogP contribution < -0.4 is 24.4 Å². The van der Waals surface area contributed by atoms with Gasteiger partial charge >= 0.3 is 18.2 Å². The lowest BCUT2D eigenvalue weighted by Crippen LogP contribution is -2.40. The van der Waals surface area contributed by atoms with Crippen LogP contribution in [0.3, 0.4) is 0 Å². The second-order valence-corrected chi connectivity index (χ2v) is 8.74. The van der Waals surface area contributed by atoms with Crippen molar-refractivity contribution in [3.05, 3.63) is 132 Å². The largest absolute Gasteiger partial charge is 0.497 e. The molecule has 0 unspecified atom stereocenters. The Balaban J connectivity index is 1.38. The van der Waals surface area contributed by atoms with Crippen LogP contribution in [0.25, 0.3) is 10.8 Å². The molecule has 0 fully saturated rings. The maximum atomic E-state index is 13.1. The molecular weight excluding hydrogens is 520 g/mol. The number of methoxy groups -OCH3 is 1. The van der Waals surface area contributed by atoms with Gasteiger partial charge in [0, 0.05) is 5.56 Å². The van der Waals surface area contributed by atoms with Gasteiger partial charge in [-0.1, -0.05) is 66.7 Å². The predicted octanol–water partition coefficient (Wildman–Crippen LogP) is 6.00. The first-order valence-electron chi connectivity index (χ1n) is 12.7. The molecule has 0 saturated heterocycles. The summed E-state index contributed by atoms with van der Waals surface area (Å²) in [5, 5.41) is 5.85. The van der Waals surface area contributed by atoms with Gasteiger partial charge in [0.15, 0.2) is 0 Å². The zero-order valence-electron chi connectivity index (χ0n) is 22.1. The lowest BCUT2D eigenvalue weighted by Gasteiger charge is -2.18. The molecule has 0 aliphatic rings. The van der Waals surface area contributed by atoms with E-state index in [-0.39, 0.29) is 5.75 Å². The molecule has 204 valence electrons. The molecule has 0 atom stereocenters. The van der Waals surface area contributed by atoms with Gasteiger partial charge in [0.05, 0.1) is 18.9 Å². The van der Waals surface area contributed by atoms with E-state index in [2.05, 4.69) is 10.5 Å². The second kappa shape index (κ2) is 12.9. The fourth-order valence-electron chi connectivity index (χ4n) is 3.97. The topological polar surface area (TPSA) is 95.5 Å². The Morgan fingerprint density at radius 1 is 0.707 bits per heavy atom. The minimum atomic E-state index is -1.32. The number of fused-ring (bicyclic) bond motifs is 1. The zero-order chi connectivity index (χ0) is 28.4. The Kier molecular flexibility index (Phi) is 8.51. The summed E-state index contributed by atoms with van der Waals surface area (Å²) in [4.78, 5) is 26.0. The number of esters is 1. The SMILES string of the molecule is COc1ccc(C(=O)Oc2ccc3ccccc3c2/C=N\NC(=O)C(Oc2ccccc2)Oc2ccccc2)cc1. The number of amides is 1. The normalized spacial score (nSPS) is 10.9. The summed E-state index contributed by atoms with van der Waals surface area (Å²) in [5.74, 6) is 0.630. The predicted molar refractivity (Wildman–Crippen MR) is 156 cm³/mol. The minimum absolute atomic E-state index is 0.278. The van der Waals surface area contributed by atoms with Gasteiger partial charge in [-0.2, -0.15) is 5.10 Å². The average molecular weight is 547 g/mol. The van der Waals surface area contributed by atoms with E-state index in [0.29, 0.717) is 28.4 Å². The molecule has 0 aliphatic heterocycles. The number of hydrogen-bond acceptors (Lipinski definition) is 7. The van der Waals surface area contributed by atoms with Gasteiger partial charge in [0.2, 0.25) is 0 Å². The van der Waals surface area contributed by atoms with Crippen molar-refractivity contribution in [2.75, 3.05) is 7.11 Å². The first-order chi connectivity index (χ1) is 20.1. The number of carbonyl (C=O) groups is 2. The van der Waals surface area contributed by atoms with Crippen molar-refractivity contribution in [2.45, 2.75) is 6.29 Å². The molecule has 5 rings (SSSR count). The molecule has 0 radical (unpaired) electrons. The van der Waals surface area contributed by atoms with Crippen molar-refractivity contribution in [3.8, 4) is 23.0 Å². The quantitative estimate of drug-likeness (QED) is 0.0759. The number of nitrogens with one attached hydrogen (secondary N) is 1. The van der Waals surface area contributed by atoms with E-state index in [1.165, 1.54) is 6.21 Å². The first kappa shape index (κ1) is 27.0. The molecule has 41 heavy (non-hydrogen) atoms. The van der Waals surface area contributed by atoms with Gasteiger partial charge in [-0.25, -0.2) is 10.2 Å². The van der Waals surface area contributed by atoms with E-state index in [1.54, 1.807) is 86.0 Å². The Labute approximate surface area is 236 Å². The Morgan fingerprint density at radius 2 is 1.32 bits per heavy atom. The number of hydrazone groups is 1. The smallest absolute Gasteiger partial charge is 0.343 e. The molecule has 8 heteroatoms. The molecule has 8 nitrogen and oxygen atoms in total. The van der Waals surface area contributed by atoms with Crippen LogP contribution in [0.5, 0.6) is 23.0 Å². The summed E-state index contributed by atoms with van der Waals surface area (Å²) in [6.45, 7) is 0. The van der Waals surface area contributed by atoms with Crippen molar-refractivity contribution in [3.63, 3.8) is 0 Å². The molecule has 0 saturated carbocycles. The van der Waals surface area contributed by atoms with Gasteiger partial charge in [0.1, 0.15) is 23.0 Å². The second-order valence-electron chi connectivity index (χ2n) is 8.74. The molecule has 5 aromatic rings. The van der Waals surface area contributed by atoms with E-state index in [0.717, 1.165) is 10.8 Å². The van der Waals surface area contributed by atoms with Crippen molar-refractivity contribution in [1.82, 2.24) is 5.43 Å². The first-order valence-corrected chi connectivity index (χ1v) is 12.7. The number of ether oxygens (including phenoxy) is 4. The molecule has 0 aliphatic carbocycles. The highest BCUT2D eigenvalue weighted by Gasteiger charge is 2.23. The Hall–Kier alpha value is -5.63. The molecular formula is C33H26N2O6. The summed E-state index contributed by atoms with van der Waals surface area (Å²) in [6.07, 6.45) is 0.107. The third kappa shape index (κ3) is 6.88. The van der Waals surface area contributed by atoms with E-state index in [9.17, 15) is 9.59 Å². The van der Waals surface area contributed by atoms with Crippen LogP contribution in [0.4, 0.5) is 0 Å². The van der Waals surface area contributed by atoms with Gasteiger partial charge in [-0.15, -0.1) is 0 Å². The Morgan fingerprint density at radius 3 is 1.95 bits per heavy atom. The molecule has 5 aromatic carbocycles. The van der Waals surface area contributed by atoms with Crippen LogP contribution in [0.15, 0.2) is 126 Å². The zero-order valence-corrected chi connectivity index (χ0v) is 22.1. The van der Waals surface area contributed by atoms with Gasteiger partial charge in [-0.3, -0.25) is 4.79 Å². The average Bonchev–Trinajstić information content (AvgIpc) is 3.02. The van der Waals surface area contributed by atoms with Crippen LogP contribution in [-0.2, 0) is 4.79 Å². The van der Waals surface area contributed by atoms with Crippen molar-refractivity contribution < 1.29 is 28.5 Å². The molecule has 1 N–H and O–H groups in total. The van der Waals surface area contributed by atoms with Crippen LogP contribution in [0, 0.1) is 0 Å². The van der Waals surface area contributed by atoms with Crippen LogP contribution in [0.2, 0.25) is 0 Å². The highest BCUT2D eigenvalue weighted by molar-refractivity contribution is 6.04. The third-order valence-electron chi connectivity index (χ3n) is 6.01. The molecule has 0 heterocycles. The monoisotopic (exact) mass is 546 g/mol. The van der Waals surface area contributed by atoms with Crippen molar-refractivity contribution in [2.24, 2.45) is 5.10 Å². The lowest BCUT2D eigenvalue weighted by atomic mass is 10.0. The number of hydrogen-bond donors (Lipinski definition) is 1. The van der Waals surface area contributed by atoms with Gasteiger partial charge < -0.3 is 18.9 Å². The number of para-hydroxylation sites is 2. The number of carbonyl (C=O) groups excluding carboxylic acids is 2. The highest BCUT2D eigenvalue weighted by atomic mass is 16.7. The highest BCUT2D eigenvalue weighted by Crippen LogP contribution is 2.28. The minimum Gasteiger partial charge on any atom is -0.497 e. The fraction of sp³-hybridized carbons (Fsp3) is 0.0606. The maximum Gasteiger partial charge on any atom is 0.343 e. The number of benzene rings is 5. The fourth-order valence-corrected chi connectivity index (χ4v) is 3.97. The van der Waals surface area contributed by atoms with E-state index >= 15 is 0 Å². The summed E-state index contributed by atoms with van der Waals surface area (Å²) in [7, 11) is 1.55. The molecule has 0 aromatic heterocycles. The van der Waals surface area contributed by atoms with Crippen LogP contribution >= 0.6 is 0 Å². The molecule has 0 spiro atoms. The van der Waals surface area contributed by atoms with E-state index in [4.69, 9.17) is 18.9 Å². The number of rotatable bonds is 10. The van der Waals surface area contributed by atoms with Gasteiger partial charge in [-0.05, 0) is 65.4 Å². The molecule has 1 amide bonds. The van der Waals surface area contributed by atoms with Crippen LogP contribution in [0.1, 0.15) is 15.9 Å². The van der Waals surface area contributed by atoms with E-state index in [1.807, 2.05) is 42.5 Å². The summed E-state index contributed by atoms with van der Waals surface area (Å²) in [6, 6.07) is 35.4. The van der Waals surface area contributed by atoms with E-state index < -0.39 is 18.2 Å². The standard InChI is InChI=1S/C33H26N2O6/c1-38-25-19-16-24(17-20-25)32(37)41-30-21-18-23-10-8-9-15-28(23)29(30)22-34-35-31(36)33(39-26-11-4-2-5-12-26)40-27-13-6-3-7-14-27/h2-22,33H,1H3,(H,35,36)/b34-22-. The van der Waals surface area contributed by atoms with Crippen molar-refractivity contribution >= 4 is 28.9 Å². The van der Waals surface area contributed by atoms with Crippen LogP contribution in [-0.4, -0.2) is 31.5 Å². The van der Waals surface area contributed by atoms with Gasteiger partial charge in [0.25, 0.3) is 0 Å². The van der Waals surface area contributed by atoms with Crippen molar-refractivity contribution in [1.29, 1.82) is 0 Å². The molecule has 0 bridgehead atoms. The maximum absolute atomic E-state index is 13.1. The summed E-state index contributed by atoms with van der Waals surface area (Å²) >= 11 is 0. The third-order valence-corrected chi connectivity index (χ3v) is 6.01. The summed E-state index contributed by atoms with van der Waals surface area (Å²) < 4.78 is 22.5.